The first-order chi connectivity index (χ1) is 17.4. The van der Waals surface area contributed by atoms with Crippen LogP contribution >= 0.6 is 15.9 Å². The molecule has 0 aromatic heterocycles. The number of amides is 3. The number of benzene rings is 2. The van der Waals surface area contributed by atoms with E-state index in [0.29, 0.717) is 68.9 Å². The third kappa shape index (κ3) is 6.27. The van der Waals surface area contributed by atoms with Crippen molar-refractivity contribution < 1.29 is 19.1 Å². The van der Waals surface area contributed by atoms with Crippen molar-refractivity contribution in [3.63, 3.8) is 0 Å². The van der Waals surface area contributed by atoms with E-state index in [9.17, 15) is 14.4 Å². The lowest BCUT2D eigenvalue weighted by molar-refractivity contribution is -0.134. The first kappa shape index (κ1) is 26.2. The van der Waals surface area contributed by atoms with Crippen molar-refractivity contribution in [2.45, 2.75) is 45.4 Å². The molecule has 0 saturated carbocycles. The highest BCUT2D eigenvalue weighted by Gasteiger charge is 2.41. The third-order valence-corrected chi connectivity index (χ3v) is 7.72. The third-order valence-electron chi connectivity index (χ3n) is 7.19. The van der Waals surface area contributed by atoms with E-state index in [0.717, 1.165) is 29.3 Å². The monoisotopic (exact) mass is 555 g/mol. The van der Waals surface area contributed by atoms with Crippen LogP contribution in [0.5, 0.6) is 5.75 Å². The molecule has 0 aliphatic carbocycles. The molecule has 2 aliphatic heterocycles. The number of fused-ring (bicyclic) bond motifs is 1. The van der Waals surface area contributed by atoms with Gasteiger partial charge < -0.3 is 20.3 Å². The minimum absolute atomic E-state index is 0.00423. The Labute approximate surface area is 221 Å². The van der Waals surface area contributed by atoms with E-state index in [1.54, 1.807) is 6.07 Å². The number of carbonyl (C=O) groups excluding carboxylic acids is 3. The highest BCUT2D eigenvalue weighted by molar-refractivity contribution is 9.10. The number of halogens is 1. The lowest BCUT2D eigenvalue weighted by atomic mass is 9.73. The van der Waals surface area contributed by atoms with Crippen LogP contribution in [0.3, 0.4) is 0 Å². The number of hydrogen-bond donors (Lipinski definition) is 2. The summed E-state index contributed by atoms with van der Waals surface area (Å²) >= 11 is 3.41. The van der Waals surface area contributed by atoms with Crippen LogP contribution in [0.4, 0.5) is 0 Å². The first-order valence-corrected chi connectivity index (χ1v) is 13.5. The molecular weight excluding hydrogens is 522 g/mol. The zero-order valence-electron chi connectivity index (χ0n) is 20.8. The molecule has 2 aliphatic rings. The van der Waals surface area contributed by atoms with Crippen molar-refractivity contribution in [3.8, 4) is 5.75 Å². The van der Waals surface area contributed by atoms with E-state index >= 15 is 0 Å². The Morgan fingerprint density at radius 2 is 1.67 bits per heavy atom. The Hall–Kier alpha value is -2.87. The molecule has 2 heterocycles. The Balaban J connectivity index is 1.40. The number of hydrogen-bond acceptors (Lipinski definition) is 4. The molecule has 1 saturated heterocycles. The van der Waals surface area contributed by atoms with Gasteiger partial charge in [-0.05, 0) is 81.0 Å². The average Bonchev–Trinajstić information content (AvgIpc) is 2.88. The second-order valence-corrected chi connectivity index (χ2v) is 10.7. The SMILES string of the molecule is Cc1ccc2c(c1)OCCCNC(=O)C1(CCCCNC2=O)CCN(C(=O)c2ccc(Br)cc2)CC1. The molecule has 2 aromatic rings. The van der Waals surface area contributed by atoms with Crippen LogP contribution in [-0.4, -0.2) is 55.4 Å². The molecule has 0 unspecified atom stereocenters. The second-order valence-electron chi connectivity index (χ2n) is 9.75. The summed E-state index contributed by atoms with van der Waals surface area (Å²) in [6.07, 6.45) is 4.26. The predicted octanol–water partition coefficient (Wildman–Crippen LogP) is 4.48. The lowest BCUT2D eigenvalue weighted by Gasteiger charge is -2.41. The van der Waals surface area contributed by atoms with Gasteiger partial charge in [0.2, 0.25) is 5.91 Å². The van der Waals surface area contributed by atoms with Gasteiger partial charge in [0.1, 0.15) is 5.75 Å². The summed E-state index contributed by atoms with van der Waals surface area (Å²) in [5.41, 5.74) is 1.73. The number of aryl methyl sites for hydroxylation is 1. The van der Waals surface area contributed by atoms with Crippen molar-refractivity contribution in [1.82, 2.24) is 15.5 Å². The van der Waals surface area contributed by atoms with Gasteiger partial charge in [-0.3, -0.25) is 14.4 Å². The minimum Gasteiger partial charge on any atom is -0.493 e. The zero-order chi connectivity index (χ0) is 25.5. The molecule has 1 fully saturated rings. The topological polar surface area (TPSA) is 87.7 Å². The maximum absolute atomic E-state index is 13.4. The van der Waals surface area contributed by atoms with Crippen molar-refractivity contribution in [3.05, 3.63) is 63.6 Å². The fourth-order valence-corrected chi connectivity index (χ4v) is 5.23. The molecule has 7 nitrogen and oxygen atoms in total. The fraction of sp³-hybridized carbons (Fsp3) is 0.464. The van der Waals surface area contributed by atoms with Crippen LogP contribution < -0.4 is 15.4 Å². The molecule has 2 N–H and O–H groups in total. The summed E-state index contributed by atoms with van der Waals surface area (Å²) in [5, 5.41) is 6.13. The molecule has 4 rings (SSSR count). The van der Waals surface area contributed by atoms with Crippen molar-refractivity contribution in [2.24, 2.45) is 5.41 Å². The predicted molar refractivity (Wildman–Crippen MR) is 142 cm³/mol. The summed E-state index contributed by atoms with van der Waals surface area (Å²) in [4.78, 5) is 40.9. The molecular formula is C28H34BrN3O4. The Kier molecular flexibility index (Phi) is 8.67. The van der Waals surface area contributed by atoms with Gasteiger partial charge >= 0.3 is 0 Å². The van der Waals surface area contributed by atoms with E-state index in [-0.39, 0.29) is 17.7 Å². The average molecular weight is 557 g/mol. The Bertz CT molecular complexity index is 1090. The van der Waals surface area contributed by atoms with Crippen LogP contribution in [0.25, 0.3) is 0 Å². The quantitative estimate of drug-likeness (QED) is 0.543. The second kappa shape index (κ2) is 11.9. The van der Waals surface area contributed by atoms with Gasteiger partial charge in [0, 0.05) is 36.2 Å². The smallest absolute Gasteiger partial charge is 0.255 e. The standard InChI is InChI=1S/C28H34BrN3O4/c1-20-5-10-23-24(19-20)36-18-4-15-31-27(35)28(11-2-3-14-30-25(23)33)12-16-32(17-13-28)26(34)21-6-8-22(29)9-7-21/h5-10,19H,2-4,11-18H2,1H3,(H,30,33)(H,31,35). The van der Waals surface area contributed by atoms with Gasteiger partial charge in [0.15, 0.2) is 0 Å². The van der Waals surface area contributed by atoms with Gasteiger partial charge in [-0.1, -0.05) is 28.4 Å². The van der Waals surface area contributed by atoms with Crippen molar-refractivity contribution >= 4 is 33.7 Å². The van der Waals surface area contributed by atoms with E-state index in [2.05, 4.69) is 26.6 Å². The van der Waals surface area contributed by atoms with Crippen LogP contribution in [0.15, 0.2) is 46.9 Å². The van der Waals surface area contributed by atoms with Crippen LogP contribution in [0, 0.1) is 12.3 Å². The lowest BCUT2D eigenvalue weighted by Crippen LogP contribution is -2.50. The maximum atomic E-state index is 13.4. The number of piperidine rings is 1. The molecule has 3 amide bonds. The molecule has 0 bridgehead atoms. The number of nitrogens with one attached hydrogen (secondary N) is 2. The Morgan fingerprint density at radius 1 is 0.944 bits per heavy atom. The van der Waals surface area contributed by atoms with Crippen LogP contribution in [0.1, 0.15) is 64.8 Å². The summed E-state index contributed by atoms with van der Waals surface area (Å²) in [6.45, 7) is 4.53. The highest BCUT2D eigenvalue weighted by Crippen LogP contribution is 2.37. The van der Waals surface area contributed by atoms with E-state index in [1.165, 1.54) is 0 Å². The van der Waals surface area contributed by atoms with Crippen molar-refractivity contribution in [1.29, 1.82) is 0 Å². The van der Waals surface area contributed by atoms with Gasteiger partial charge in [-0.25, -0.2) is 0 Å². The molecule has 1 spiro atoms. The number of rotatable bonds is 1. The highest BCUT2D eigenvalue weighted by atomic mass is 79.9. The zero-order valence-corrected chi connectivity index (χ0v) is 22.4. The summed E-state index contributed by atoms with van der Waals surface area (Å²) < 4.78 is 6.85. The number of likely N-dealkylation sites (tertiary alicyclic amines) is 1. The fourth-order valence-electron chi connectivity index (χ4n) is 4.97. The summed E-state index contributed by atoms with van der Waals surface area (Å²) in [5.74, 6) is 0.509. The number of nitrogens with zero attached hydrogens (tertiary/aromatic N) is 1. The van der Waals surface area contributed by atoms with Gasteiger partial charge in [0.05, 0.1) is 17.6 Å². The van der Waals surface area contributed by atoms with E-state index in [1.807, 2.05) is 48.2 Å². The van der Waals surface area contributed by atoms with Gasteiger partial charge in [-0.2, -0.15) is 0 Å². The molecule has 36 heavy (non-hydrogen) atoms. The molecule has 0 radical (unpaired) electrons. The largest absolute Gasteiger partial charge is 0.493 e. The Morgan fingerprint density at radius 3 is 2.42 bits per heavy atom. The summed E-state index contributed by atoms with van der Waals surface area (Å²) in [6, 6.07) is 13.0. The molecule has 192 valence electrons. The number of ether oxygens (including phenoxy) is 1. The molecule has 2 aromatic carbocycles. The molecule has 8 heteroatoms. The minimum atomic E-state index is -0.498. The van der Waals surface area contributed by atoms with Crippen LogP contribution in [-0.2, 0) is 4.79 Å². The normalized spacial score (nSPS) is 19.2. The number of carbonyl (C=O) groups is 3. The summed E-state index contributed by atoms with van der Waals surface area (Å²) in [7, 11) is 0. The van der Waals surface area contributed by atoms with E-state index < -0.39 is 5.41 Å². The molecule has 0 atom stereocenters. The van der Waals surface area contributed by atoms with Crippen molar-refractivity contribution in [2.75, 3.05) is 32.8 Å². The van der Waals surface area contributed by atoms with E-state index in [4.69, 9.17) is 4.74 Å². The maximum Gasteiger partial charge on any atom is 0.255 e. The van der Waals surface area contributed by atoms with Gasteiger partial charge in [-0.15, -0.1) is 0 Å². The van der Waals surface area contributed by atoms with Crippen LogP contribution in [0.2, 0.25) is 0 Å². The van der Waals surface area contributed by atoms with Gasteiger partial charge in [0.25, 0.3) is 11.8 Å². The first-order valence-electron chi connectivity index (χ1n) is 12.7.